The molecule has 4 N–H and O–H groups in total. The predicted octanol–water partition coefficient (Wildman–Crippen LogP) is 0.429. The second-order valence-corrected chi connectivity index (χ2v) is 3.30. The molecule has 0 radical (unpaired) electrons. The highest BCUT2D eigenvalue weighted by Crippen LogP contribution is 1.96. The van der Waals surface area contributed by atoms with E-state index in [9.17, 15) is 0 Å². The van der Waals surface area contributed by atoms with E-state index in [4.69, 9.17) is 21.1 Å². The molecule has 0 atom stereocenters. The smallest absolute Gasteiger partial charge is 0.0913 e. The van der Waals surface area contributed by atoms with Crippen molar-refractivity contribution in [3.05, 3.63) is 0 Å². The Labute approximate surface area is 92.0 Å². The molecule has 0 heterocycles. The maximum atomic E-state index is 5.36. The third-order valence-corrected chi connectivity index (χ3v) is 1.92. The Hall–Kier alpha value is -0.200. The predicted molar refractivity (Wildman–Crippen MR) is 59.3 cm³/mol. The monoisotopic (exact) mass is 220 g/mol. The molecule has 0 aliphatic carbocycles. The first-order valence-corrected chi connectivity index (χ1v) is 5.59. The number of ether oxygens (including phenoxy) is 2. The van der Waals surface area contributed by atoms with Crippen molar-refractivity contribution in [1.29, 1.82) is 0 Å². The lowest BCUT2D eigenvalue weighted by Gasteiger charge is -2.04. The Morgan fingerprint density at radius 1 is 0.667 bits per heavy atom. The van der Waals surface area contributed by atoms with Crippen LogP contribution in [0.15, 0.2) is 0 Å². The maximum Gasteiger partial charge on any atom is 0.0913 e. The quantitative estimate of drug-likeness (QED) is 0.368. The molecule has 0 spiro atoms. The van der Waals surface area contributed by atoms with Crippen LogP contribution in [-0.2, 0) is 14.3 Å². The zero-order chi connectivity index (χ0) is 11.2. The Morgan fingerprint density at radius 2 is 1.27 bits per heavy atom. The Balaban J connectivity index is 2.81. The maximum absolute atomic E-state index is 5.36. The Kier molecular flexibility index (Phi) is 13.6. The SMILES string of the molecule is NCCCOCCCCCOCCON. The minimum Gasteiger partial charge on any atom is -0.381 e. The molecule has 0 amide bonds. The molecule has 0 aromatic rings. The van der Waals surface area contributed by atoms with Gasteiger partial charge in [0, 0.05) is 19.8 Å². The van der Waals surface area contributed by atoms with Gasteiger partial charge in [0.05, 0.1) is 13.2 Å². The van der Waals surface area contributed by atoms with Crippen molar-refractivity contribution in [1.82, 2.24) is 0 Å². The van der Waals surface area contributed by atoms with Crippen LogP contribution in [0.25, 0.3) is 0 Å². The molecule has 0 aromatic heterocycles. The molecule has 0 rings (SSSR count). The molecule has 15 heavy (non-hydrogen) atoms. The van der Waals surface area contributed by atoms with Crippen molar-refractivity contribution in [2.45, 2.75) is 25.7 Å². The van der Waals surface area contributed by atoms with E-state index in [2.05, 4.69) is 4.84 Å². The summed E-state index contributed by atoms with van der Waals surface area (Å²) in [6.45, 7) is 4.11. The highest BCUT2D eigenvalue weighted by atomic mass is 16.6. The first-order valence-electron chi connectivity index (χ1n) is 5.59. The summed E-state index contributed by atoms with van der Waals surface area (Å²) >= 11 is 0. The Morgan fingerprint density at radius 3 is 1.87 bits per heavy atom. The number of nitrogens with two attached hydrogens (primary N) is 2. The summed E-state index contributed by atoms with van der Waals surface area (Å²) in [6, 6.07) is 0. The average Bonchev–Trinajstić information content (AvgIpc) is 2.26. The fourth-order valence-corrected chi connectivity index (χ4v) is 1.08. The normalized spacial score (nSPS) is 10.8. The molecule has 5 nitrogen and oxygen atoms in total. The second kappa shape index (κ2) is 13.8. The molecule has 0 saturated carbocycles. The van der Waals surface area contributed by atoms with Crippen LogP contribution in [0.3, 0.4) is 0 Å². The molecule has 0 bridgehead atoms. The third kappa shape index (κ3) is 13.8. The lowest BCUT2D eigenvalue weighted by atomic mass is 10.2. The van der Waals surface area contributed by atoms with Crippen molar-refractivity contribution >= 4 is 0 Å². The molecule has 0 unspecified atom stereocenters. The molecule has 5 heteroatoms. The van der Waals surface area contributed by atoms with E-state index in [-0.39, 0.29) is 0 Å². The van der Waals surface area contributed by atoms with E-state index in [1.165, 1.54) is 0 Å². The van der Waals surface area contributed by atoms with E-state index in [1.54, 1.807) is 0 Å². The number of rotatable bonds is 12. The first kappa shape index (κ1) is 14.8. The molecule has 0 fully saturated rings. The summed E-state index contributed by atoms with van der Waals surface area (Å²) in [5.41, 5.74) is 5.33. The molecule has 0 aliphatic heterocycles. The minimum absolute atomic E-state index is 0.461. The third-order valence-electron chi connectivity index (χ3n) is 1.92. The Bertz CT molecular complexity index is 103. The van der Waals surface area contributed by atoms with Gasteiger partial charge in [-0.25, -0.2) is 5.90 Å². The molecule has 0 saturated heterocycles. The van der Waals surface area contributed by atoms with Crippen LogP contribution >= 0.6 is 0 Å². The lowest BCUT2D eigenvalue weighted by molar-refractivity contribution is 0.0454. The standard InChI is InChI=1S/C10H24N2O3/c11-5-4-8-13-6-2-1-3-7-14-9-10-15-12/h1-12H2. The van der Waals surface area contributed by atoms with Crippen LogP contribution < -0.4 is 11.6 Å². The summed E-state index contributed by atoms with van der Waals surface area (Å²) in [5, 5.41) is 0. The molecule has 0 aromatic carbocycles. The topological polar surface area (TPSA) is 79.7 Å². The van der Waals surface area contributed by atoms with Gasteiger partial charge in [-0.15, -0.1) is 0 Å². The summed E-state index contributed by atoms with van der Waals surface area (Å²) < 4.78 is 10.6. The van der Waals surface area contributed by atoms with Gasteiger partial charge in [0.15, 0.2) is 0 Å². The van der Waals surface area contributed by atoms with Gasteiger partial charge in [-0.05, 0) is 32.2 Å². The fourth-order valence-electron chi connectivity index (χ4n) is 1.08. The van der Waals surface area contributed by atoms with E-state index in [0.717, 1.165) is 45.5 Å². The van der Waals surface area contributed by atoms with E-state index >= 15 is 0 Å². The summed E-state index contributed by atoms with van der Waals surface area (Å²) in [5.74, 6) is 4.84. The van der Waals surface area contributed by atoms with Gasteiger partial charge in [-0.2, -0.15) is 0 Å². The molecular weight excluding hydrogens is 196 g/mol. The van der Waals surface area contributed by atoms with Crippen molar-refractivity contribution in [3.63, 3.8) is 0 Å². The summed E-state index contributed by atoms with van der Waals surface area (Å²) in [4.78, 5) is 4.37. The lowest BCUT2D eigenvalue weighted by Crippen LogP contribution is -2.09. The van der Waals surface area contributed by atoms with Gasteiger partial charge in [0.2, 0.25) is 0 Å². The van der Waals surface area contributed by atoms with E-state index < -0.39 is 0 Å². The van der Waals surface area contributed by atoms with Crippen LogP contribution in [-0.4, -0.2) is 39.6 Å². The van der Waals surface area contributed by atoms with Crippen molar-refractivity contribution < 1.29 is 14.3 Å². The van der Waals surface area contributed by atoms with Gasteiger partial charge >= 0.3 is 0 Å². The van der Waals surface area contributed by atoms with E-state index in [1.807, 2.05) is 0 Å². The summed E-state index contributed by atoms with van der Waals surface area (Å²) in [7, 11) is 0. The van der Waals surface area contributed by atoms with Crippen molar-refractivity contribution in [3.8, 4) is 0 Å². The van der Waals surface area contributed by atoms with Gasteiger partial charge in [-0.1, -0.05) is 0 Å². The van der Waals surface area contributed by atoms with Gasteiger partial charge in [0.1, 0.15) is 0 Å². The highest BCUT2D eigenvalue weighted by Gasteiger charge is 1.91. The van der Waals surface area contributed by atoms with Gasteiger partial charge < -0.3 is 20.0 Å². The van der Waals surface area contributed by atoms with Gasteiger partial charge in [0.25, 0.3) is 0 Å². The zero-order valence-corrected chi connectivity index (χ0v) is 9.45. The minimum atomic E-state index is 0.461. The fraction of sp³-hybridized carbons (Fsp3) is 1.00. The number of hydrogen-bond acceptors (Lipinski definition) is 5. The molecule has 0 aliphatic rings. The molecule has 92 valence electrons. The van der Waals surface area contributed by atoms with Crippen LogP contribution in [0.1, 0.15) is 25.7 Å². The highest BCUT2D eigenvalue weighted by molar-refractivity contribution is 4.42. The molecular formula is C10H24N2O3. The first-order chi connectivity index (χ1) is 7.41. The van der Waals surface area contributed by atoms with Crippen LogP contribution in [0.4, 0.5) is 0 Å². The number of hydrogen-bond donors (Lipinski definition) is 2. The van der Waals surface area contributed by atoms with Crippen LogP contribution in [0.5, 0.6) is 0 Å². The number of unbranched alkanes of at least 4 members (excludes halogenated alkanes) is 2. The van der Waals surface area contributed by atoms with E-state index in [0.29, 0.717) is 19.8 Å². The van der Waals surface area contributed by atoms with Crippen LogP contribution in [0, 0.1) is 0 Å². The van der Waals surface area contributed by atoms with Gasteiger partial charge in [-0.3, -0.25) is 0 Å². The van der Waals surface area contributed by atoms with Crippen LogP contribution in [0.2, 0.25) is 0 Å². The second-order valence-electron chi connectivity index (χ2n) is 3.30. The largest absolute Gasteiger partial charge is 0.381 e. The van der Waals surface area contributed by atoms with Crippen molar-refractivity contribution in [2.24, 2.45) is 11.6 Å². The van der Waals surface area contributed by atoms with Crippen molar-refractivity contribution in [2.75, 3.05) is 39.6 Å². The summed E-state index contributed by atoms with van der Waals surface area (Å²) in [6.07, 6.45) is 4.22. The average molecular weight is 220 g/mol. The zero-order valence-electron chi connectivity index (χ0n) is 9.45.